The molecule has 0 unspecified atom stereocenters. The van der Waals surface area contributed by atoms with Crippen LogP contribution in [0.15, 0.2) is 17.0 Å². The molecule has 0 saturated carbocycles. The Hall–Kier alpha value is -1.31. The molecule has 3 N–H and O–H groups in total. The zero-order valence-electron chi connectivity index (χ0n) is 11.8. The van der Waals surface area contributed by atoms with E-state index in [0.717, 1.165) is 18.4 Å². The van der Waals surface area contributed by atoms with E-state index in [1.54, 1.807) is 6.07 Å². The molecule has 116 valence electrons. The Bertz CT molecular complexity index is 637. The molecular formula is C14H20N2O4S. The zero-order valence-corrected chi connectivity index (χ0v) is 12.6. The van der Waals surface area contributed by atoms with Crippen LogP contribution < -0.4 is 10.5 Å². The lowest BCUT2D eigenvalue weighted by Gasteiger charge is -2.30. The molecule has 7 heteroatoms. The maximum absolute atomic E-state index is 12.8. The van der Waals surface area contributed by atoms with Gasteiger partial charge in [-0.25, -0.2) is 8.42 Å². The van der Waals surface area contributed by atoms with Gasteiger partial charge in [0.15, 0.2) is 0 Å². The van der Waals surface area contributed by atoms with Crippen molar-refractivity contribution in [2.75, 3.05) is 25.4 Å². The van der Waals surface area contributed by atoms with Crippen molar-refractivity contribution >= 4 is 15.7 Å². The summed E-state index contributed by atoms with van der Waals surface area (Å²) in [7, 11) is -3.63. The maximum Gasteiger partial charge on any atom is 0.246 e. The monoisotopic (exact) mass is 312 g/mol. The molecule has 6 nitrogen and oxygen atoms in total. The summed E-state index contributed by atoms with van der Waals surface area (Å²) in [6, 6.07) is 3.26. The molecule has 1 fully saturated rings. The van der Waals surface area contributed by atoms with Gasteiger partial charge in [-0.3, -0.25) is 0 Å². The van der Waals surface area contributed by atoms with Crippen LogP contribution >= 0.6 is 0 Å². The third kappa shape index (κ3) is 2.73. The number of hydrogen-bond acceptors (Lipinski definition) is 5. The normalized spacial score (nSPS) is 20.8. The molecular weight excluding hydrogens is 292 g/mol. The smallest absolute Gasteiger partial charge is 0.246 e. The molecule has 21 heavy (non-hydrogen) atoms. The lowest BCUT2D eigenvalue weighted by Crippen LogP contribution is -2.40. The van der Waals surface area contributed by atoms with E-state index in [0.29, 0.717) is 44.0 Å². The quantitative estimate of drug-likeness (QED) is 0.786. The average Bonchev–Trinajstić information content (AvgIpc) is 2.46. The summed E-state index contributed by atoms with van der Waals surface area (Å²) in [4.78, 5) is 0.161. The minimum atomic E-state index is -3.63. The zero-order chi connectivity index (χ0) is 15.0. The number of rotatable bonds is 2. The second-order valence-electron chi connectivity index (χ2n) is 5.59. The molecule has 2 aliphatic rings. The molecule has 0 radical (unpaired) electrons. The van der Waals surface area contributed by atoms with Crippen molar-refractivity contribution in [2.24, 2.45) is 0 Å². The highest BCUT2D eigenvalue weighted by atomic mass is 32.2. The molecule has 0 aliphatic carbocycles. The first-order valence-electron chi connectivity index (χ1n) is 7.22. The Morgan fingerprint density at radius 2 is 2.00 bits per heavy atom. The van der Waals surface area contributed by atoms with Crippen LogP contribution in [0, 0.1) is 0 Å². The van der Waals surface area contributed by atoms with Crippen molar-refractivity contribution < 1.29 is 18.3 Å². The number of hydrogen-bond donors (Lipinski definition) is 2. The molecule has 0 amide bonds. The number of nitrogen functional groups attached to an aromatic ring is 1. The van der Waals surface area contributed by atoms with E-state index >= 15 is 0 Å². The molecule has 0 atom stereocenters. The predicted octanol–water partition coefficient (Wildman–Crippen LogP) is 0.739. The van der Waals surface area contributed by atoms with Crippen LogP contribution in [-0.4, -0.2) is 43.6 Å². The highest BCUT2D eigenvalue weighted by molar-refractivity contribution is 7.89. The Morgan fingerprint density at radius 1 is 1.29 bits per heavy atom. The summed E-state index contributed by atoms with van der Waals surface area (Å²) in [6.07, 6.45) is 2.16. The van der Waals surface area contributed by atoms with Gasteiger partial charge < -0.3 is 15.6 Å². The summed E-state index contributed by atoms with van der Waals surface area (Å²) >= 11 is 0. The van der Waals surface area contributed by atoms with Gasteiger partial charge in [0.05, 0.1) is 12.7 Å². The standard InChI is InChI=1S/C14H20N2O4S/c15-11-8-10-2-1-7-20-14(10)13(9-11)21(18,19)16-5-3-12(17)4-6-16/h8-9,12,17H,1-7,15H2. The topological polar surface area (TPSA) is 92.9 Å². The van der Waals surface area contributed by atoms with Crippen LogP contribution in [0.5, 0.6) is 5.75 Å². The molecule has 2 aliphatic heterocycles. The summed E-state index contributed by atoms with van der Waals surface area (Å²) in [5.41, 5.74) is 7.15. The maximum atomic E-state index is 12.8. The number of sulfonamides is 1. The average molecular weight is 312 g/mol. The first-order chi connectivity index (χ1) is 9.98. The predicted molar refractivity (Wildman–Crippen MR) is 78.7 cm³/mol. The molecule has 1 saturated heterocycles. The third-order valence-corrected chi connectivity index (χ3v) is 5.94. The molecule has 2 heterocycles. The summed E-state index contributed by atoms with van der Waals surface area (Å²) < 4.78 is 32.7. The number of nitrogens with zero attached hydrogens (tertiary/aromatic N) is 1. The Kier molecular flexibility index (Phi) is 3.81. The number of fused-ring (bicyclic) bond motifs is 1. The van der Waals surface area contributed by atoms with E-state index < -0.39 is 16.1 Å². The van der Waals surface area contributed by atoms with Crippen LogP contribution in [0.2, 0.25) is 0 Å². The number of nitrogens with two attached hydrogens (primary N) is 1. The van der Waals surface area contributed by atoms with Gasteiger partial charge in [0.1, 0.15) is 10.6 Å². The molecule has 0 aromatic heterocycles. The Morgan fingerprint density at radius 3 is 2.71 bits per heavy atom. The largest absolute Gasteiger partial charge is 0.492 e. The van der Waals surface area contributed by atoms with Crippen LogP contribution in [0.25, 0.3) is 0 Å². The molecule has 1 aromatic carbocycles. The summed E-state index contributed by atoms with van der Waals surface area (Å²) in [6.45, 7) is 1.18. The highest BCUT2D eigenvalue weighted by Gasteiger charge is 2.33. The third-order valence-electron chi connectivity index (χ3n) is 4.03. The van der Waals surface area contributed by atoms with Crippen molar-refractivity contribution in [3.8, 4) is 5.75 Å². The van der Waals surface area contributed by atoms with E-state index in [9.17, 15) is 13.5 Å². The van der Waals surface area contributed by atoms with Crippen molar-refractivity contribution in [3.63, 3.8) is 0 Å². The van der Waals surface area contributed by atoms with Gasteiger partial charge in [-0.05, 0) is 43.4 Å². The number of anilines is 1. The first-order valence-corrected chi connectivity index (χ1v) is 8.66. The Balaban J connectivity index is 2.01. The second kappa shape index (κ2) is 5.47. The number of benzene rings is 1. The molecule has 1 aromatic rings. The van der Waals surface area contributed by atoms with Crippen LogP contribution in [-0.2, 0) is 16.4 Å². The lowest BCUT2D eigenvalue weighted by molar-refractivity contribution is 0.113. The van der Waals surface area contributed by atoms with Gasteiger partial charge in [0.2, 0.25) is 10.0 Å². The van der Waals surface area contributed by atoms with Crippen molar-refractivity contribution in [1.29, 1.82) is 0 Å². The Labute approximate surface area is 124 Å². The van der Waals surface area contributed by atoms with E-state index in [-0.39, 0.29) is 4.90 Å². The first kappa shape index (κ1) is 14.6. The van der Waals surface area contributed by atoms with Gasteiger partial charge >= 0.3 is 0 Å². The van der Waals surface area contributed by atoms with E-state index in [4.69, 9.17) is 10.5 Å². The minimum absolute atomic E-state index is 0.161. The van der Waals surface area contributed by atoms with Crippen LogP contribution in [0.3, 0.4) is 0 Å². The number of aryl methyl sites for hydroxylation is 1. The van der Waals surface area contributed by atoms with Crippen molar-refractivity contribution in [2.45, 2.75) is 36.7 Å². The van der Waals surface area contributed by atoms with E-state index in [1.807, 2.05) is 0 Å². The minimum Gasteiger partial charge on any atom is -0.492 e. The number of ether oxygens (including phenoxy) is 1. The van der Waals surface area contributed by atoms with Gasteiger partial charge in [-0.1, -0.05) is 0 Å². The fourth-order valence-electron chi connectivity index (χ4n) is 2.88. The SMILES string of the molecule is Nc1cc2c(c(S(=O)(=O)N3CCC(O)CC3)c1)OCCC2. The van der Waals surface area contributed by atoms with Gasteiger partial charge in [0, 0.05) is 18.8 Å². The molecule has 0 spiro atoms. The fourth-order valence-corrected chi connectivity index (χ4v) is 4.56. The van der Waals surface area contributed by atoms with E-state index in [1.165, 1.54) is 10.4 Å². The number of piperidine rings is 1. The number of aliphatic hydroxyl groups is 1. The van der Waals surface area contributed by atoms with Gasteiger partial charge in [-0.2, -0.15) is 4.31 Å². The summed E-state index contributed by atoms with van der Waals surface area (Å²) in [5, 5.41) is 9.53. The summed E-state index contributed by atoms with van der Waals surface area (Å²) in [5.74, 6) is 0.446. The fraction of sp³-hybridized carbons (Fsp3) is 0.571. The highest BCUT2D eigenvalue weighted by Crippen LogP contribution is 2.36. The lowest BCUT2D eigenvalue weighted by atomic mass is 10.1. The van der Waals surface area contributed by atoms with Crippen molar-refractivity contribution in [1.82, 2.24) is 4.31 Å². The van der Waals surface area contributed by atoms with Crippen molar-refractivity contribution in [3.05, 3.63) is 17.7 Å². The van der Waals surface area contributed by atoms with Crippen LogP contribution in [0.1, 0.15) is 24.8 Å². The molecule has 3 rings (SSSR count). The molecule has 0 bridgehead atoms. The van der Waals surface area contributed by atoms with E-state index in [2.05, 4.69) is 0 Å². The number of aliphatic hydroxyl groups excluding tert-OH is 1. The second-order valence-corrected chi connectivity index (χ2v) is 7.50. The van der Waals surface area contributed by atoms with Crippen LogP contribution in [0.4, 0.5) is 5.69 Å². The van der Waals surface area contributed by atoms with Gasteiger partial charge in [0.25, 0.3) is 0 Å². The van der Waals surface area contributed by atoms with Gasteiger partial charge in [-0.15, -0.1) is 0 Å².